The zero-order valence-corrected chi connectivity index (χ0v) is 12.0. The van der Waals surface area contributed by atoms with Crippen LogP contribution in [0.25, 0.3) is 0 Å². The average molecular weight is 281 g/mol. The number of ether oxygens (including phenoxy) is 2. The van der Waals surface area contributed by atoms with E-state index in [2.05, 4.69) is 5.32 Å². The van der Waals surface area contributed by atoms with Crippen LogP contribution in [0.15, 0.2) is 29.2 Å². The number of benzene rings is 1. The highest BCUT2D eigenvalue weighted by Gasteiger charge is 2.27. The van der Waals surface area contributed by atoms with Crippen LogP contribution >= 0.6 is 11.8 Å². The molecule has 0 aliphatic carbocycles. The maximum atomic E-state index is 12.1. The van der Waals surface area contributed by atoms with Crippen LogP contribution in [0.5, 0.6) is 5.75 Å². The van der Waals surface area contributed by atoms with Gasteiger partial charge in [0.1, 0.15) is 5.75 Å². The summed E-state index contributed by atoms with van der Waals surface area (Å²) in [5.74, 6) is 1.37. The van der Waals surface area contributed by atoms with Crippen molar-refractivity contribution >= 4 is 17.7 Å². The van der Waals surface area contributed by atoms with Crippen molar-refractivity contribution in [2.75, 3.05) is 19.5 Å². The molecule has 0 radical (unpaired) electrons. The van der Waals surface area contributed by atoms with Gasteiger partial charge in [-0.25, -0.2) is 0 Å². The highest BCUT2D eigenvalue weighted by atomic mass is 32.2. The fraction of sp³-hybridized carbons (Fsp3) is 0.500. The molecular weight excluding hydrogens is 262 g/mol. The Morgan fingerprint density at radius 3 is 3.11 bits per heavy atom. The van der Waals surface area contributed by atoms with Crippen LogP contribution in [0, 0.1) is 0 Å². The van der Waals surface area contributed by atoms with Crippen LogP contribution in [0.2, 0.25) is 0 Å². The Morgan fingerprint density at radius 1 is 1.58 bits per heavy atom. The lowest BCUT2D eigenvalue weighted by Crippen LogP contribution is -2.47. The first-order chi connectivity index (χ1) is 9.24. The number of amides is 1. The number of fused-ring (bicyclic) bond motifs is 1. The average Bonchev–Trinajstić information content (AvgIpc) is 2.46. The molecule has 0 saturated carbocycles. The third-order valence-corrected chi connectivity index (χ3v) is 4.13. The summed E-state index contributed by atoms with van der Waals surface area (Å²) < 4.78 is 10.8. The summed E-state index contributed by atoms with van der Waals surface area (Å²) in [7, 11) is 1.64. The number of carbonyl (C=O) groups is 1. The van der Waals surface area contributed by atoms with Gasteiger partial charge in [0.15, 0.2) is 6.10 Å². The Balaban J connectivity index is 1.95. The maximum absolute atomic E-state index is 12.1. The van der Waals surface area contributed by atoms with E-state index in [0.717, 1.165) is 17.1 Å². The molecule has 5 heteroatoms. The Hall–Kier alpha value is -1.20. The van der Waals surface area contributed by atoms with Gasteiger partial charge in [0.25, 0.3) is 5.91 Å². The number of carbonyl (C=O) groups excluding carboxylic acids is 1. The van der Waals surface area contributed by atoms with E-state index in [1.807, 2.05) is 31.2 Å². The third-order valence-electron chi connectivity index (χ3n) is 3.01. The summed E-state index contributed by atoms with van der Waals surface area (Å²) >= 11 is 1.66. The second-order valence-corrected chi connectivity index (χ2v) is 5.50. The lowest BCUT2D eigenvalue weighted by Gasteiger charge is -2.26. The summed E-state index contributed by atoms with van der Waals surface area (Å²) in [6, 6.07) is 7.84. The van der Waals surface area contributed by atoms with E-state index < -0.39 is 6.10 Å². The molecule has 0 bridgehead atoms. The van der Waals surface area contributed by atoms with Crippen LogP contribution in [0.3, 0.4) is 0 Å². The molecule has 19 heavy (non-hydrogen) atoms. The zero-order valence-electron chi connectivity index (χ0n) is 11.2. The molecule has 1 aromatic carbocycles. The van der Waals surface area contributed by atoms with Crippen molar-refractivity contribution in [3.63, 3.8) is 0 Å². The van der Waals surface area contributed by atoms with Gasteiger partial charge in [0.05, 0.1) is 12.6 Å². The molecular formula is C14H19NO3S. The molecule has 2 atom stereocenters. The van der Waals surface area contributed by atoms with Gasteiger partial charge in [0.2, 0.25) is 0 Å². The van der Waals surface area contributed by atoms with E-state index in [1.165, 1.54) is 0 Å². The van der Waals surface area contributed by atoms with E-state index in [1.54, 1.807) is 18.9 Å². The van der Waals surface area contributed by atoms with Crippen molar-refractivity contribution < 1.29 is 14.3 Å². The van der Waals surface area contributed by atoms with Crippen molar-refractivity contribution in [1.29, 1.82) is 0 Å². The first-order valence-corrected chi connectivity index (χ1v) is 7.41. The maximum Gasteiger partial charge on any atom is 0.262 e. The minimum absolute atomic E-state index is 0.0447. The number of hydrogen-bond donors (Lipinski definition) is 1. The van der Waals surface area contributed by atoms with Crippen LogP contribution in [0.1, 0.15) is 13.3 Å². The molecule has 1 heterocycles. The molecule has 1 aliphatic heterocycles. The number of rotatable bonds is 5. The fourth-order valence-electron chi connectivity index (χ4n) is 1.91. The first kappa shape index (κ1) is 14.2. The summed E-state index contributed by atoms with van der Waals surface area (Å²) in [4.78, 5) is 13.2. The number of para-hydroxylation sites is 1. The van der Waals surface area contributed by atoms with Crippen LogP contribution in [-0.2, 0) is 9.53 Å². The molecule has 0 unspecified atom stereocenters. The van der Waals surface area contributed by atoms with Gasteiger partial charge in [-0.3, -0.25) is 4.79 Å². The molecule has 1 aliphatic rings. The number of nitrogens with one attached hydrogen (secondary N) is 1. The second-order valence-electron chi connectivity index (χ2n) is 4.43. The summed E-state index contributed by atoms with van der Waals surface area (Å²) in [5, 5.41) is 2.97. The predicted octanol–water partition coefficient (Wildman–Crippen LogP) is 2.08. The Kier molecular flexibility index (Phi) is 5.10. The minimum Gasteiger partial charge on any atom is -0.479 e. The van der Waals surface area contributed by atoms with Crippen LogP contribution in [0.4, 0.5) is 0 Å². The number of hydrogen-bond acceptors (Lipinski definition) is 4. The summed E-state index contributed by atoms with van der Waals surface area (Å²) in [6.45, 7) is 2.55. The van der Waals surface area contributed by atoms with Crippen molar-refractivity contribution in [2.45, 2.75) is 30.4 Å². The highest BCUT2D eigenvalue weighted by Crippen LogP contribution is 2.34. The van der Waals surface area contributed by atoms with Crippen molar-refractivity contribution in [2.24, 2.45) is 0 Å². The van der Waals surface area contributed by atoms with E-state index in [9.17, 15) is 4.79 Å². The van der Waals surface area contributed by atoms with E-state index in [0.29, 0.717) is 12.4 Å². The monoisotopic (exact) mass is 281 g/mol. The Bertz CT molecular complexity index is 438. The molecule has 0 fully saturated rings. The van der Waals surface area contributed by atoms with Crippen molar-refractivity contribution in [1.82, 2.24) is 5.32 Å². The number of methoxy groups -OCH3 is 1. The van der Waals surface area contributed by atoms with E-state index in [4.69, 9.17) is 9.47 Å². The van der Waals surface area contributed by atoms with E-state index >= 15 is 0 Å². The lowest BCUT2D eigenvalue weighted by atomic mass is 10.2. The quantitative estimate of drug-likeness (QED) is 0.897. The molecule has 1 amide bonds. The standard InChI is InChI=1S/C14H19NO3S/c1-3-10(8-17-2)15-14(16)12-9-19-13-7-5-4-6-11(13)18-12/h4-7,10,12H,3,8-9H2,1-2H3,(H,15,16)/t10-,12+/m0/s1. The predicted molar refractivity (Wildman–Crippen MR) is 75.7 cm³/mol. The second kappa shape index (κ2) is 6.82. The zero-order chi connectivity index (χ0) is 13.7. The van der Waals surface area contributed by atoms with Crippen LogP contribution in [-0.4, -0.2) is 37.5 Å². The summed E-state index contributed by atoms with van der Waals surface area (Å²) in [6.07, 6.45) is 0.418. The van der Waals surface area contributed by atoms with Crippen molar-refractivity contribution in [3.05, 3.63) is 24.3 Å². The van der Waals surface area contributed by atoms with Crippen LogP contribution < -0.4 is 10.1 Å². The third kappa shape index (κ3) is 3.64. The molecule has 104 valence electrons. The van der Waals surface area contributed by atoms with E-state index in [-0.39, 0.29) is 11.9 Å². The van der Waals surface area contributed by atoms with Gasteiger partial charge >= 0.3 is 0 Å². The molecule has 4 nitrogen and oxygen atoms in total. The molecule has 0 saturated heterocycles. The normalized spacial score (nSPS) is 19.2. The minimum atomic E-state index is -0.425. The van der Waals surface area contributed by atoms with Gasteiger partial charge in [-0.05, 0) is 18.6 Å². The molecule has 2 rings (SSSR count). The molecule has 0 aromatic heterocycles. The van der Waals surface area contributed by atoms with Gasteiger partial charge in [-0.2, -0.15) is 0 Å². The van der Waals surface area contributed by atoms with Gasteiger partial charge in [-0.1, -0.05) is 19.1 Å². The SMILES string of the molecule is CC[C@@H](COC)NC(=O)[C@H]1CSc2ccccc2O1. The molecule has 1 N–H and O–H groups in total. The number of thioether (sulfide) groups is 1. The fourth-order valence-corrected chi connectivity index (χ4v) is 2.89. The van der Waals surface area contributed by atoms with Gasteiger partial charge < -0.3 is 14.8 Å². The highest BCUT2D eigenvalue weighted by molar-refractivity contribution is 7.99. The van der Waals surface area contributed by atoms with Gasteiger partial charge in [0, 0.05) is 17.8 Å². The first-order valence-electron chi connectivity index (χ1n) is 6.42. The Labute approximate surface area is 117 Å². The molecule has 1 aromatic rings. The largest absolute Gasteiger partial charge is 0.479 e. The lowest BCUT2D eigenvalue weighted by molar-refractivity contribution is -0.128. The van der Waals surface area contributed by atoms with Gasteiger partial charge in [-0.15, -0.1) is 11.8 Å². The summed E-state index contributed by atoms with van der Waals surface area (Å²) in [5.41, 5.74) is 0. The van der Waals surface area contributed by atoms with Crippen molar-refractivity contribution in [3.8, 4) is 5.75 Å². The smallest absolute Gasteiger partial charge is 0.262 e. The Morgan fingerprint density at radius 2 is 2.37 bits per heavy atom. The topological polar surface area (TPSA) is 47.6 Å². The molecule has 0 spiro atoms.